The van der Waals surface area contributed by atoms with E-state index in [1.165, 1.54) is 49.3 Å². The van der Waals surface area contributed by atoms with E-state index in [1.807, 2.05) is 6.20 Å². The Morgan fingerprint density at radius 2 is 2.07 bits per heavy atom. The number of anilines is 1. The normalized spacial score (nSPS) is 16.0. The van der Waals surface area contributed by atoms with Gasteiger partial charge in [-0.2, -0.15) is 0 Å². The highest BCUT2D eigenvalue weighted by molar-refractivity contribution is 5.55. The summed E-state index contributed by atoms with van der Waals surface area (Å²) in [4.78, 5) is 6.92. The summed E-state index contributed by atoms with van der Waals surface area (Å²) in [7, 11) is 0. The van der Waals surface area contributed by atoms with Crippen LogP contribution in [-0.2, 0) is 6.42 Å². The van der Waals surface area contributed by atoms with Gasteiger partial charge in [0.1, 0.15) is 0 Å². The first-order chi connectivity index (χ1) is 7.33. The van der Waals surface area contributed by atoms with Crippen molar-refractivity contribution in [1.82, 2.24) is 4.98 Å². The zero-order valence-electron chi connectivity index (χ0n) is 9.79. The SMILES string of the molecule is CCCc1c(N2CCCC2)ccnc1C. The molecule has 0 spiro atoms. The lowest BCUT2D eigenvalue weighted by atomic mass is 10.1. The fraction of sp³-hybridized carbons (Fsp3) is 0.615. The Morgan fingerprint density at radius 3 is 2.73 bits per heavy atom. The van der Waals surface area contributed by atoms with Crippen molar-refractivity contribution in [3.63, 3.8) is 0 Å². The van der Waals surface area contributed by atoms with Crippen LogP contribution >= 0.6 is 0 Å². The number of pyridine rings is 1. The van der Waals surface area contributed by atoms with Gasteiger partial charge in [0.05, 0.1) is 0 Å². The van der Waals surface area contributed by atoms with Crippen molar-refractivity contribution >= 4 is 5.69 Å². The van der Waals surface area contributed by atoms with E-state index in [0.717, 1.165) is 6.42 Å². The van der Waals surface area contributed by atoms with Crippen molar-refractivity contribution in [3.8, 4) is 0 Å². The number of rotatable bonds is 3. The van der Waals surface area contributed by atoms with E-state index in [0.29, 0.717) is 0 Å². The fourth-order valence-electron chi connectivity index (χ4n) is 2.40. The number of aromatic nitrogens is 1. The highest BCUT2D eigenvalue weighted by Crippen LogP contribution is 2.26. The molecule has 1 aromatic heterocycles. The molecule has 2 nitrogen and oxygen atoms in total. The standard InChI is InChI=1S/C13H20N2/c1-3-6-12-11(2)14-8-7-13(12)15-9-4-5-10-15/h7-8H,3-6,9-10H2,1-2H3. The minimum Gasteiger partial charge on any atom is -0.371 e. The van der Waals surface area contributed by atoms with Crippen LogP contribution in [0, 0.1) is 6.92 Å². The zero-order chi connectivity index (χ0) is 10.7. The van der Waals surface area contributed by atoms with E-state index in [1.54, 1.807) is 0 Å². The molecule has 1 aliphatic rings. The molecule has 0 aliphatic carbocycles. The van der Waals surface area contributed by atoms with Gasteiger partial charge in [0.15, 0.2) is 0 Å². The van der Waals surface area contributed by atoms with E-state index >= 15 is 0 Å². The third-order valence-electron chi connectivity index (χ3n) is 3.19. The van der Waals surface area contributed by atoms with Gasteiger partial charge in [-0.25, -0.2) is 0 Å². The predicted molar refractivity (Wildman–Crippen MR) is 64.4 cm³/mol. The van der Waals surface area contributed by atoms with Crippen molar-refractivity contribution in [3.05, 3.63) is 23.5 Å². The average molecular weight is 204 g/mol. The third-order valence-corrected chi connectivity index (χ3v) is 3.19. The Labute approximate surface area is 92.3 Å². The summed E-state index contributed by atoms with van der Waals surface area (Å²) in [5.41, 5.74) is 4.10. The van der Waals surface area contributed by atoms with Crippen molar-refractivity contribution < 1.29 is 0 Å². The summed E-state index contributed by atoms with van der Waals surface area (Å²) in [6.07, 6.45) is 6.99. The Bertz CT molecular complexity index is 327. The maximum absolute atomic E-state index is 4.40. The molecular weight excluding hydrogens is 184 g/mol. The Kier molecular flexibility index (Phi) is 3.24. The van der Waals surface area contributed by atoms with Crippen LogP contribution in [0.15, 0.2) is 12.3 Å². The average Bonchev–Trinajstić information content (AvgIpc) is 2.74. The molecule has 0 saturated carbocycles. The highest BCUT2D eigenvalue weighted by Gasteiger charge is 2.16. The Morgan fingerprint density at radius 1 is 1.33 bits per heavy atom. The number of nitrogens with zero attached hydrogens (tertiary/aromatic N) is 2. The molecule has 0 atom stereocenters. The van der Waals surface area contributed by atoms with Gasteiger partial charge in [-0.15, -0.1) is 0 Å². The molecular formula is C13H20N2. The molecule has 15 heavy (non-hydrogen) atoms. The van der Waals surface area contributed by atoms with Crippen LogP contribution in [0.1, 0.15) is 37.4 Å². The summed E-state index contributed by atoms with van der Waals surface area (Å²) >= 11 is 0. The quantitative estimate of drug-likeness (QED) is 0.752. The second-order valence-electron chi connectivity index (χ2n) is 4.34. The molecule has 2 heterocycles. The molecule has 0 bridgehead atoms. The van der Waals surface area contributed by atoms with E-state index in [4.69, 9.17) is 0 Å². The van der Waals surface area contributed by atoms with Crippen LogP contribution in [0.4, 0.5) is 5.69 Å². The molecule has 2 rings (SSSR count). The molecule has 1 aliphatic heterocycles. The van der Waals surface area contributed by atoms with Crippen LogP contribution in [0.5, 0.6) is 0 Å². The van der Waals surface area contributed by atoms with Crippen LogP contribution in [0.25, 0.3) is 0 Å². The van der Waals surface area contributed by atoms with E-state index < -0.39 is 0 Å². The smallest absolute Gasteiger partial charge is 0.0432 e. The molecule has 1 aromatic rings. The van der Waals surface area contributed by atoms with Gasteiger partial charge in [-0.3, -0.25) is 4.98 Å². The van der Waals surface area contributed by atoms with Gasteiger partial charge in [0.25, 0.3) is 0 Å². The van der Waals surface area contributed by atoms with Crippen LogP contribution in [0.3, 0.4) is 0 Å². The Balaban J connectivity index is 2.31. The van der Waals surface area contributed by atoms with E-state index in [-0.39, 0.29) is 0 Å². The third kappa shape index (κ3) is 2.14. The molecule has 0 radical (unpaired) electrons. The second kappa shape index (κ2) is 4.65. The number of hydrogen-bond acceptors (Lipinski definition) is 2. The summed E-state index contributed by atoms with van der Waals surface area (Å²) in [6, 6.07) is 2.18. The molecule has 1 fully saturated rings. The molecule has 2 heteroatoms. The lowest BCUT2D eigenvalue weighted by Crippen LogP contribution is -2.20. The summed E-state index contributed by atoms with van der Waals surface area (Å²) < 4.78 is 0. The predicted octanol–water partition coefficient (Wildman–Crippen LogP) is 2.94. The van der Waals surface area contributed by atoms with Crippen molar-refractivity contribution in [2.24, 2.45) is 0 Å². The summed E-state index contributed by atoms with van der Waals surface area (Å²) in [5, 5.41) is 0. The van der Waals surface area contributed by atoms with Crippen molar-refractivity contribution in [2.75, 3.05) is 18.0 Å². The first-order valence-corrected chi connectivity index (χ1v) is 6.02. The Hall–Kier alpha value is -1.05. The highest BCUT2D eigenvalue weighted by atomic mass is 15.1. The number of hydrogen-bond donors (Lipinski definition) is 0. The molecule has 0 N–H and O–H groups in total. The lowest BCUT2D eigenvalue weighted by molar-refractivity contribution is 0.870. The van der Waals surface area contributed by atoms with Crippen LogP contribution in [0.2, 0.25) is 0 Å². The van der Waals surface area contributed by atoms with Gasteiger partial charge in [-0.05, 0) is 37.8 Å². The molecule has 0 aromatic carbocycles. The molecule has 0 unspecified atom stereocenters. The van der Waals surface area contributed by atoms with Gasteiger partial charge in [0, 0.05) is 30.7 Å². The van der Waals surface area contributed by atoms with E-state index in [9.17, 15) is 0 Å². The maximum Gasteiger partial charge on any atom is 0.0432 e. The zero-order valence-corrected chi connectivity index (χ0v) is 9.79. The van der Waals surface area contributed by atoms with Gasteiger partial charge >= 0.3 is 0 Å². The topological polar surface area (TPSA) is 16.1 Å². The van der Waals surface area contributed by atoms with Gasteiger partial charge < -0.3 is 4.90 Å². The summed E-state index contributed by atoms with van der Waals surface area (Å²) in [6.45, 7) is 6.81. The molecule has 82 valence electrons. The molecule has 1 saturated heterocycles. The van der Waals surface area contributed by atoms with Crippen molar-refractivity contribution in [2.45, 2.75) is 39.5 Å². The van der Waals surface area contributed by atoms with Crippen LogP contribution < -0.4 is 4.90 Å². The second-order valence-corrected chi connectivity index (χ2v) is 4.34. The van der Waals surface area contributed by atoms with Gasteiger partial charge in [-0.1, -0.05) is 13.3 Å². The minimum absolute atomic E-state index is 1.16. The maximum atomic E-state index is 4.40. The monoisotopic (exact) mass is 204 g/mol. The van der Waals surface area contributed by atoms with Crippen LogP contribution in [-0.4, -0.2) is 18.1 Å². The summed E-state index contributed by atoms with van der Waals surface area (Å²) in [5.74, 6) is 0. The fourth-order valence-corrected chi connectivity index (χ4v) is 2.40. The van der Waals surface area contributed by atoms with E-state index in [2.05, 4.69) is 29.8 Å². The first-order valence-electron chi connectivity index (χ1n) is 6.02. The largest absolute Gasteiger partial charge is 0.371 e. The first kappa shape index (κ1) is 10.5. The number of aryl methyl sites for hydroxylation is 1. The lowest BCUT2D eigenvalue weighted by Gasteiger charge is -2.22. The van der Waals surface area contributed by atoms with Gasteiger partial charge in [0.2, 0.25) is 0 Å². The minimum atomic E-state index is 1.16. The molecule has 0 amide bonds. The van der Waals surface area contributed by atoms with Crippen molar-refractivity contribution in [1.29, 1.82) is 0 Å².